The molecular formula is C16H14Cl2N2O. The zero-order valence-corrected chi connectivity index (χ0v) is 12.7. The van der Waals surface area contributed by atoms with Gasteiger partial charge in [0, 0.05) is 28.7 Å². The largest absolute Gasteiger partial charge is 0.344 e. The minimum atomic E-state index is -0.132. The van der Waals surface area contributed by atoms with Crippen molar-refractivity contribution in [2.45, 2.75) is 12.6 Å². The van der Waals surface area contributed by atoms with Gasteiger partial charge in [0.15, 0.2) is 0 Å². The molecule has 0 saturated heterocycles. The summed E-state index contributed by atoms with van der Waals surface area (Å²) >= 11 is 11.9. The van der Waals surface area contributed by atoms with Crippen molar-refractivity contribution < 1.29 is 4.79 Å². The fourth-order valence-electron chi connectivity index (χ4n) is 2.53. The van der Waals surface area contributed by atoms with E-state index < -0.39 is 0 Å². The number of carbonyl (C=O) groups is 1. The van der Waals surface area contributed by atoms with Crippen LogP contribution in [-0.2, 0) is 6.54 Å². The van der Waals surface area contributed by atoms with Gasteiger partial charge in [0.25, 0.3) is 5.91 Å². The second-order valence-corrected chi connectivity index (χ2v) is 5.88. The fraction of sp³-hybridized carbons (Fsp3) is 0.188. The number of nitrogens with one attached hydrogen (secondary N) is 2. The van der Waals surface area contributed by atoms with E-state index in [1.807, 2.05) is 18.2 Å². The Balaban J connectivity index is 1.82. The van der Waals surface area contributed by atoms with Crippen molar-refractivity contribution in [3.8, 4) is 0 Å². The van der Waals surface area contributed by atoms with E-state index in [4.69, 9.17) is 23.2 Å². The molecule has 0 spiro atoms. The van der Waals surface area contributed by atoms with Gasteiger partial charge < -0.3 is 10.6 Å². The SMILES string of the molecule is O=C(NC1CNCc2cc(Cl)ccc21)c1cccc(Cl)c1. The molecule has 1 unspecified atom stereocenters. The maximum Gasteiger partial charge on any atom is 0.251 e. The van der Waals surface area contributed by atoms with Crippen LogP contribution in [0, 0.1) is 0 Å². The molecule has 5 heteroatoms. The van der Waals surface area contributed by atoms with E-state index in [0.717, 1.165) is 17.7 Å². The highest BCUT2D eigenvalue weighted by Gasteiger charge is 2.22. The summed E-state index contributed by atoms with van der Waals surface area (Å²) in [7, 11) is 0. The highest BCUT2D eigenvalue weighted by atomic mass is 35.5. The van der Waals surface area contributed by atoms with Gasteiger partial charge in [0.1, 0.15) is 0 Å². The standard InChI is InChI=1S/C16H14Cl2N2O/c17-12-3-1-2-10(6-12)16(21)20-15-9-19-8-11-7-13(18)4-5-14(11)15/h1-7,15,19H,8-9H2,(H,20,21). The minimum absolute atomic E-state index is 0.0718. The molecule has 0 aromatic heterocycles. The summed E-state index contributed by atoms with van der Waals surface area (Å²) in [5.41, 5.74) is 2.78. The predicted molar refractivity (Wildman–Crippen MR) is 84.8 cm³/mol. The highest BCUT2D eigenvalue weighted by molar-refractivity contribution is 6.31. The molecule has 0 saturated carbocycles. The van der Waals surface area contributed by atoms with Crippen LogP contribution >= 0.6 is 23.2 Å². The number of carbonyl (C=O) groups excluding carboxylic acids is 1. The Labute approximate surface area is 133 Å². The lowest BCUT2D eigenvalue weighted by Crippen LogP contribution is -2.39. The molecule has 2 aromatic carbocycles. The number of halogens is 2. The average molecular weight is 321 g/mol. The molecule has 0 aliphatic carbocycles. The van der Waals surface area contributed by atoms with Gasteiger partial charge in [-0.2, -0.15) is 0 Å². The van der Waals surface area contributed by atoms with E-state index in [1.54, 1.807) is 24.3 Å². The molecule has 1 aliphatic rings. The third-order valence-corrected chi connectivity index (χ3v) is 4.01. The first kappa shape index (κ1) is 14.4. The van der Waals surface area contributed by atoms with Crippen LogP contribution in [0.3, 0.4) is 0 Å². The zero-order chi connectivity index (χ0) is 14.8. The monoisotopic (exact) mass is 320 g/mol. The maximum atomic E-state index is 12.3. The Kier molecular flexibility index (Phi) is 4.15. The number of benzene rings is 2. The molecule has 21 heavy (non-hydrogen) atoms. The van der Waals surface area contributed by atoms with Crippen molar-refractivity contribution in [2.24, 2.45) is 0 Å². The molecule has 0 bridgehead atoms. The molecule has 1 atom stereocenters. The van der Waals surface area contributed by atoms with E-state index in [2.05, 4.69) is 10.6 Å². The summed E-state index contributed by atoms with van der Waals surface area (Å²) in [4.78, 5) is 12.3. The first-order chi connectivity index (χ1) is 10.1. The Morgan fingerprint density at radius 2 is 1.95 bits per heavy atom. The van der Waals surface area contributed by atoms with Gasteiger partial charge in [-0.15, -0.1) is 0 Å². The summed E-state index contributed by atoms with van der Waals surface area (Å²) in [6.45, 7) is 1.46. The van der Waals surface area contributed by atoms with Crippen molar-refractivity contribution in [2.75, 3.05) is 6.54 Å². The molecule has 0 radical (unpaired) electrons. The van der Waals surface area contributed by atoms with Crippen LogP contribution in [0.25, 0.3) is 0 Å². The average Bonchev–Trinajstić information content (AvgIpc) is 2.47. The van der Waals surface area contributed by atoms with Crippen LogP contribution in [0.5, 0.6) is 0 Å². The molecule has 2 N–H and O–H groups in total. The van der Waals surface area contributed by atoms with Gasteiger partial charge in [0.2, 0.25) is 0 Å². The number of amides is 1. The number of hydrogen-bond acceptors (Lipinski definition) is 2. The van der Waals surface area contributed by atoms with Crippen LogP contribution in [0.15, 0.2) is 42.5 Å². The van der Waals surface area contributed by atoms with Crippen molar-refractivity contribution in [1.82, 2.24) is 10.6 Å². The van der Waals surface area contributed by atoms with Crippen LogP contribution in [0.1, 0.15) is 27.5 Å². The van der Waals surface area contributed by atoms with E-state index >= 15 is 0 Å². The van der Waals surface area contributed by atoms with Crippen molar-refractivity contribution in [3.05, 3.63) is 69.2 Å². The first-order valence-electron chi connectivity index (χ1n) is 6.69. The lowest BCUT2D eigenvalue weighted by molar-refractivity contribution is 0.0934. The van der Waals surface area contributed by atoms with Crippen molar-refractivity contribution >= 4 is 29.1 Å². The van der Waals surface area contributed by atoms with E-state index in [-0.39, 0.29) is 11.9 Å². The lowest BCUT2D eigenvalue weighted by atomic mass is 9.96. The van der Waals surface area contributed by atoms with Crippen LogP contribution in [0.4, 0.5) is 0 Å². The fourth-order valence-corrected chi connectivity index (χ4v) is 2.91. The maximum absolute atomic E-state index is 12.3. The summed E-state index contributed by atoms with van der Waals surface area (Å²) < 4.78 is 0. The van der Waals surface area contributed by atoms with Gasteiger partial charge in [-0.05, 0) is 41.5 Å². The normalized spacial score (nSPS) is 17.1. The molecule has 3 rings (SSSR count). The van der Waals surface area contributed by atoms with Crippen LogP contribution in [-0.4, -0.2) is 12.5 Å². The topological polar surface area (TPSA) is 41.1 Å². The Bertz CT molecular complexity index is 688. The Morgan fingerprint density at radius 3 is 2.76 bits per heavy atom. The van der Waals surface area contributed by atoms with E-state index in [0.29, 0.717) is 22.2 Å². The number of rotatable bonds is 2. The lowest BCUT2D eigenvalue weighted by Gasteiger charge is -2.27. The zero-order valence-electron chi connectivity index (χ0n) is 11.2. The summed E-state index contributed by atoms with van der Waals surface area (Å²) in [6, 6.07) is 12.6. The third kappa shape index (κ3) is 3.21. The van der Waals surface area contributed by atoms with Gasteiger partial charge in [0.05, 0.1) is 6.04 Å². The molecule has 0 fully saturated rings. The molecule has 3 nitrogen and oxygen atoms in total. The molecule has 1 amide bonds. The number of fused-ring (bicyclic) bond motifs is 1. The third-order valence-electron chi connectivity index (χ3n) is 3.54. The molecular weight excluding hydrogens is 307 g/mol. The highest BCUT2D eigenvalue weighted by Crippen LogP contribution is 2.25. The van der Waals surface area contributed by atoms with Gasteiger partial charge in [-0.3, -0.25) is 4.79 Å². The molecule has 2 aromatic rings. The molecule has 1 aliphatic heterocycles. The predicted octanol–water partition coefficient (Wildman–Crippen LogP) is 3.57. The summed E-state index contributed by atoms with van der Waals surface area (Å²) in [6.07, 6.45) is 0. The minimum Gasteiger partial charge on any atom is -0.344 e. The Hall–Kier alpha value is -1.55. The smallest absolute Gasteiger partial charge is 0.251 e. The summed E-state index contributed by atoms with van der Waals surface area (Å²) in [5.74, 6) is -0.132. The van der Waals surface area contributed by atoms with E-state index in [9.17, 15) is 4.79 Å². The number of hydrogen-bond donors (Lipinski definition) is 2. The van der Waals surface area contributed by atoms with Gasteiger partial charge >= 0.3 is 0 Å². The molecule has 108 valence electrons. The summed E-state index contributed by atoms with van der Waals surface area (Å²) in [5, 5.41) is 7.58. The van der Waals surface area contributed by atoms with Gasteiger partial charge in [-0.25, -0.2) is 0 Å². The quantitative estimate of drug-likeness (QED) is 0.888. The second-order valence-electron chi connectivity index (χ2n) is 5.01. The molecule has 1 heterocycles. The van der Waals surface area contributed by atoms with E-state index in [1.165, 1.54) is 0 Å². The van der Waals surface area contributed by atoms with Gasteiger partial charge in [-0.1, -0.05) is 35.3 Å². The first-order valence-corrected chi connectivity index (χ1v) is 7.44. The van der Waals surface area contributed by atoms with Crippen LogP contribution in [0.2, 0.25) is 10.0 Å². The van der Waals surface area contributed by atoms with Crippen LogP contribution < -0.4 is 10.6 Å². The van der Waals surface area contributed by atoms with Crippen molar-refractivity contribution in [3.63, 3.8) is 0 Å². The second kappa shape index (κ2) is 6.06. The Morgan fingerprint density at radius 1 is 1.14 bits per heavy atom. The van der Waals surface area contributed by atoms with Crippen molar-refractivity contribution in [1.29, 1.82) is 0 Å².